The average molecular weight is 490 g/mol. The molecule has 0 bridgehead atoms. The van der Waals surface area contributed by atoms with Gasteiger partial charge in [0.1, 0.15) is 11.6 Å². The predicted octanol–water partition coefficient (Wildman–Crippen LogP) is 4.62. The summed E-state index contributed by atoms with van der Waals surface area (Å²) in [5, 5.41) is 0. The molecular weight excluding hydrogens is 468 g/mol. The summed E-state index contributed by atoms with van der Waals surface area (Å²) in [5.41, 5.74) is -0.569. The Balaban J connectivity index is 1.50. The zero-order valence-electron chi connectivity index (χ0n) is 18.5. The topological polar surface area (TPSA) is 63.0 Å². The lowest BCUT2D eigenvalue weighted by atomic mass is 10.1. The second-order valence-corrected chi connectivity index (χ2v) is 8.09. The largest absolute Gasteiger partial charge is 0.467 e. The van der Waals surface area contributed by atoms with Crippen LogP contribution in [0, 0.1) is 5.82 Å². The van der Waals surface area contributed by atoms with Crippen molar-refractivity contribution in [3.63, 3.8) is 0 Å². The highest BCUT2D eigenvalue weighted by Gasteiger charge is 2.32. The van der Waals surface area contributed by atoms with E-state index < -0.39 is 29.6 Å². The van der Waals surface area contributed by atoms with E-state index in [1.54, 1.807) is 12.1 Å². The fourth-order valence-electron chi connectivity index (χ4n) is 3.86. The van der Waals surface area contributed by atoms with E-state index in [4.69, 9.17) is 9.15 Å². The third-order valence-corrected chi connectivity index (χ3v) is 5.59. The number of hydrogen-bond donors (Lipinski definition) is 0. The van der Waals surface area contributed by atoms with E-state index in [0.29, 0.717) is 12.3 Å². The van der Waals surface area contributed by atoms with E-state index in [1.807, 2.05) is 0 Å². The molecule has 1 atom stereocenters. The molecule has 1 saturated heterocycles. The van der Waals surface area contributed by atoms with E-state index in [1.165, 1.54) is 34.3 Å². The van der Waals surface area contributed by atoms with E-state index in [2.05, 4.69) is 0 Å². The van der Waals surface area contributed by atoms with Crippen LogP contribution in [0.2, 0.25) is 0 Å². The summed E-state index contributed by atoms with van der Waals surface area (Å²) in [4.78, 5) is 29.0. The Bertz CT molecular complexity index is 1160. The molecule has 0 N–H and O–H groups in total. The third kappa shape index (κ3) is 6.07. The van der Waals surface area contributed by atoms with Crippen LogP contribution in [0.3, 0.4) is 0 Å². The van der Waals surface area contributed by atoms with Crippen molar-refractivity contribution >= 4 is 11.8 Å². The number of carbonyl (C=O) groups excluding carboxylic acids is 2. The summed E-state index contributed by atoms with van der Waals surface area (Å²) in [6.45, 7) is 0.800. The Labute approximate surface area is 198 Å². The number of hydrogen-bond acceptors (Lipinski definition) is 4. The summed E-state index contributed by atoms with van der Waals surface area (Å²) in [6.07, 6.45) is -3.62. The predicted molar refractivity (Wildman–Crippen MR) is 117 cm³/mol. The average Bonchev–Trinajstić information content (AvgIpc) is 3.36. The molecule has 184 valence electrons. The van der Waals surface area contributed by atoms with Crippen LogP contribution < -0.4 is 0 Å². The van der Waals surface area contributed by atoms with Crippen molar-refractivity contribution in [2.45, 2.75) is 18.8 Å². The molecule has 2 aromatic carbocycles. The minimum atomic E-state index is -4.51. The van der Waals surface area contributed by atoms with Crippen molar-refractivity contribution in [1.29, 1.82) is 0 Å². The van der Waals surface area contributed by atoms with Crippen molar-refractivity contribution in [3.8, 4) is 0 Å². The number of amides is 2. The van der Waals surface area contributed by atoms with Crippen LogP contribution >= 0.6 is 0 Å². The molecule has 2 heterocycles. The first-order valence-corrected chi connectivity index (χ1v) is 10.9. The minimum absolute atomic E-state index is 0.0601. The molecule has 10 heteroatoms. The molecule has 0 aliphatic carbocycles. The summed E-state index contributed by atoms with van der Waals surface area (Å²) >= 11 is 0. The van der Waals surface area contributed by atoms with E-state index in [-0.39, 0.29) is 43.3 Å². The quantitative estimate of drug-likeness (QED) is 0.473. The Morgan fingerprint density at radius 1 is 1.03 bits per heavy atom. The molecule has 3 aromatic rings. The number of halogens is 4. The Morgan fingerprint density at radius 2 is 1.80 bits per heavy atom. The van der Waals surface area contributed by atoms with E-state index in [9.17, 15) is 27.2 Å². The number of ether oxygens (including phenoxy) is 1. The molecular formula is C25H22F4N2O4. The maximum atomic E-state index is 13.6. The van der Waals surface area contributed by atoms with Crippen LogP contribution in [-0.2, 0) is 17.5 Å². The van der Waals surface area contributed by atoms with Crippen molar-refractivity contribution in [2.24, 2.45) is 0 Å². The first-order valence-electron chi connectivity index (χ1n) is 10.9. The van der Waals surface area contributed by atoms with Gasteiger partial charge >= 0.3 is 6.18 Å². The highest BCUT2D eigenvalue weighted by atomic mass is 19.4. The van der Waals surface area contributed by atoms with Gasteiger partial charge in [0.25, 0.3) is 11.8 Å². The molecule has 6 nitrogen and oxygen atoms in total. The number of benzene rings is 2. The molecule has 4 rings (SSSR count). The Morgan fingerprint density at radius 3 is 2.46 bits per heavy atom. The lowest BCUT2D eigenvalue weighted by molar-refractivity contribution is -0.137. The zero-order chi connectivity index (χ0) is 25.0. The molecule has 1 unspecified atom stereocenters. The molecule has 1 aliphatic heterocycles. The van der Waals surface area contributed by atoms with Gasteiger partial charge in [0.15, 0.2) is 0 Å². The van der Waals surface area contributed by atoms with Crippen molar-refractivity contribution in [2.75, 3.05) is 26.2 Å². The van der Waals surface area contributed by atoms with Crippen LogP contribution in [0.25, 0.3) is 0 Å². The first kappa shape index (κ1) is 24.5. The van der Waals surface area contributed by atoms with Gasteiger partial charge in [0.05, 0.1) is 31.1 Å². The molecule has 35 heavy (non-hydrogen) atoms. The molecule has 1 aliphatic rings. The summed E-state index contributed by atoms with van der Waals surface area (Å²) in [5.74, 6) is -0.905. The number of carbonyl (C=O) groups is 2. The molecule has 1 fully saturated rings. The Hall–Kier alpha value is -3.66. The SMILES string of the molecule is O=C(c1cccc(F)c1)N1CCOC(CN(Cc2ccco2)C(=O)c2ccc(C(F)(F)F)cc2)C1. The van der Waals surface area contributed by atoms with Gasteiger partial charge in [-0.05, 0) is 54.6 Å². The number of rotatable bonds is 6. The normalized spacial score (nSPS) is 16.2. The van der Waals surface area contributed by atoms with Crippen LogP contribution in [0.5, 0.6) is 0 Å². The second kappa shape index (κ2) is 10.3. The van der Waals surface area contributed by atoms with Gasteiger partial charge in [0, 0.05) is 30.8 Å². The first-order chi connectivity index (χ1) is 16.7. The second-order valence-electron chi connectivity index (χ2n) is 8.09. The van der Waals surface area contributed by atoms with Gasteiger partial charge in [-0.1, -0.05) is 6.07 Å². The summed E-state index contributed by atoms with van der Waals surface area (Å²) < 4.78 is 63.4. The number of furan rings is 1. The monoisotopic (exact) mass is 490 g/mol. The van der Waals surface area contributed by atoms with Crippen molar-refractivity contribution < 1.29 is 36.3 Å². The van der Waals surface area contributed by atoms with Crippen LogP contribution in [0.4, 0.5) is 17.6 Å². The number of morpholine rings is 1. The zero-order valence-corrected chi connectivity index (χ0v) is 18.5. The highest BCUT2D eigenvalue weighted by Crippen LogP contribution is 2.29. The summed E-state index contributed by atoms with van der Waals surface area (Å²) in [6, 6.07) is 12.7. The summed E-state index contributed by atoms with van der Waals surface area (Å²) in [7, 11) is 0. The standard InChI is InChI=1S/C25H22F4N2O4/c26-20-4-1-3-18(13-20)24(33)30-10-12-35-22(15-30)16-31(14-21-5-2-11-34-21)23(32)17-6-8-19(9-7-17)25(27,28)29/h1-9,11,13,22H,10,12,14-16H2. The van der Waals surface area contributed by atoms with Gasteiger partial charge in [-0.3, -0.25) is 9.59 Å². The Kier molecular flexibility index (Phi) is 7.20. The molecule has 1 aromatic heterocycles. The fourth-order valence-corrected chi connectivity index (χ4v) is 3.86. The number of nitrogens with zero attached hydrogens (tertiary/aromatic N) is 2. The van der Waals surface area contributed by atoms with Gasteiger partial charge in [-0.15, -0.1) is 0 Å². The van der Waals surface area contributed by atoms with Gasteiger partial charge in [-0.25, -0.2) is 4.39 Å². The van der Waals surface area contributed by atoms with Crippen molar-refractivity contribution in [3.05, 3.63) is 95.2 Å². The maximum Gasteiger partial charge on any atom is 0.416 e. The molecule has 0 radical (unpaired) electrons. The van der Waals surface area contributed by atoms with Crippen molar-refractivity contribution in [1.82, 2.24) is 9.80 Å². The smallest absolute Gasteiger partial charge is 0.416 e. The van der Waals surface area contributed by atoms with Gasteiger partial charge in [-0.2, -0.15) is 13.2 Å². The lowest BCUT2D eigenvalue weighted by Crippen LogP contribution is -2.50. The highest BCUT2D eigenvalue weighted by molar-refractivity contribution is 5.95. The molecule has 0 spiro atoms. The minimum Gasteiger partial charge on any atom is -0.467 e. The van der Waals surface area contributed by atoms with Gasteiger partial charge in [0.2, 0.25) is 0 Å². The number of alkyl halides is 3. The third-order valence-electron chi connectivity index (χ3n) is 5.59. The fraction of sp³-hybridized carbons (Fsp3) is 0.280. The van der Waals surface area contributed by atoms with Crippen LogP contribution in [0.15, 0.2) is 71.3 Å². The van der Waals surface area contributed by atoms with E-state index >= 15 is 0 Å². The lowest BCUT2D eigenvalue weighted by Gasteiger charge is -2.35. The molecule has 2 amide bonds. The molecule has 0 saturated carbocycles. The van der Waals surface area contributed by atoms with Gasteiger partial charge < -0.3 is 19.0 Å². The van der Waals surface area contributed by atoms with E-state index in [0.717, 1.165) is 30.3 Å². The van der Waals surface area contributed by atoms with Crippen LogP contribution in [0.1, 0.15) is 32.0 Å². The maximum absolute atomic E-state index is 13.6. The van der Waals surface area contributed by atoms with Crippen LogP contribution in [-0.4, -0.2) is 54.0 Å².